The third-order valence-corrected chi connectivity index (χ3v) is 9.93. The van der Waals surface area contributed by atoms with Crippen LogP contribution in [0.4, 0.5) is 5.69 Å². The Labute approximate surface area is 183 Å². The van der Waals surface area contributed by atoms with Gasteiger partial charge in [-0.05, 0) is 75.1 Å². The molecule has 31 heavy (non-hydrogen) atoms. The van der Waals surface area contributed by atoms with Gasteiger partial charge in [-0.2, -0.15) is 4.31 Å². The van der Waals surface area contributed by atoms with Gasteiger partial charge in [-0.25, -0.2) is 8.42 Å². The molecule has 0 radical (unpaired) electrons. The normalized spacial score (nSPS) is 33.1. The third-order valence-electron chi connectivity index (χ3n) is 7.43. The van der Waals surface area contributed by atoms with Gasteiger partial charge in [0.1, 0.15) is 0 Å². The van der Waals surface area contributed by atoms with E-state index in [9.17, 15) is 18.0 Å². The summed E-state index contributed by atoms with van der Waals surface area (Å²) in [6.07, 6.45) is 6.15. The summed E-state index contributed by atoms with van der Waals surface area (Å²) < 4.78 is 28.5. The summed E-state index contributed by atoms with van der Waals surface area (Å²) >= 11 is 0. The highest BCUT2D eigenvalue weighted by molar-refractivity contribution is 7.89. The minimum absolute atomic E-state index is 0.0357. The lowest BCUT2D eigenvalue weighted by molar-refractivity contribution is -0.115. The highest BCUT2D eigenvalue weighted by Gasteiger charge is 2.49. The lowest BCUT2D eigenvalue weighted by atomic mass is 9.96. The number of rotatable bonds is 4. The fourth-order valence-corrected chi connectivity index (χ4v) is 8.29. The molecule has 1 saturated carbocycles. The van der Waals surface area contributed by atoms with Crippen molar-refractivity contribution in [2.24, 2.45) is 5.73 Å². The first-order valence-corrected chi connectivity index (χ1v) is 12.8. The summed E-state index contributed by atoms with van der Waals surface area (Å²) in [6.45, 7) is 0. The third kappa shape index (κ3) is 3.87. The molecule has 2 saturated heterocycles. The predicted octanol–water partition coefficient (Wildman–Crippen LogP) is 1.51. The number of benzene rings is 1. The van der Waals surface area contributed by atoms with Crippen LogP contribution >= 0.6 is 0 Å². The molecule has 0 aromatic heterocycles. The molecule has 3 heterocycles. The molecule has 2 bridgehead atoms. The first kappa shape index (κ1) is 20.9. The molecule has 3 aliphatic heterocycles. The lowest BCUT2D eigenvalue weighted by Gasteiger charge is -2.41. The van der Waals surface area contributed by atoms with Crippen molar-refractivity contribution in [2.75, 3.05) is 5.32 Å². The van der Waals surface area contributed by atoms with Crippen molar-refractivity contribution >= 4 is 27.5 Å². The molecular formula is C22H30N4O4S. The number of nitrogens with two attached hydrogens (primary N) is 1. The van der Waals surface area contributed by atoms with E-state index in [2.05, 4.69) is 10.6 Å². The summed E-state index contributed by atoms with van der Waals surface area (Å²) in [6, 6.07) is 5.27. The number of anilines is 1. The van der Waals surface area contributed by atoms with Gasteiger partial charge in [-0.3, -0.25) is 9.59 Å². The van der Waals surface area contributed by atoms with Crippen molar-refractivity contribution in [1.82, 2.24) is 9.62 Å². The van der Waals surface area contributed by atoms with Crippen molar-refractivity contribution < 1.29 is 18.0 Å². The number of fused-ring (bicyclic) bond motifs is 3. The van der Waals surface area contributed by atoms with E-state index < -0.39 is 10.0 Å². The van der Waals surface area contributed by atoms with Gasteiger partial charge in [0.05, 0.1) is 11.7 Å². The fraction of sp³-hybridized carbons (Fsp3) is 0.636. The second-order valence-corrected chi connectivity index (χ2v) is 11.7. The Balaban J connectivity index is 1.25. The fourth-order valence-electron chi connectivity index (χ4n) is 5.87. The standard InChI is InChI=1S/C22H30N4O4S/c23-15-2-6-19(7-3-15)31(29,30)26-17-4-5-18(26)12-16(11-17)24-22(28)13-1-8-20-14(9-13)10-21(27)25-20/h1,8-9,15-19H,2-7,10-12,23H2,(H,24,28)(H,25,27)/t15?,16-,17+,18-,19?. The summed E-state index contributed by atoms with van der Waals surface area (Å²) in [4.78, 5) is 24.4. The average Bonchev–Trinajstić information content (AvgIpc) is 3.24. The summed E-state index contributed by atoms with van der Waals surface area (Å²) in [5, 5.41) is 5.57. The van der Waals surface area contributed by atoms with Crippen molar-refractivity contribution in [1.29, 1.82) is 0 Å². The quantitative estimate of drug-likeness (QED) is 0.647. The van der Waals surface area contributed by atoms with Gasteiger partial charge in [-0.1, -0.05) is 0 Å². The summed E-state index contributed by atoms with van der Waals surface area (Å²) in [7, 11) is -3.33. The number of nitrogens with one attached hydrogen (secondary N) is 2. The maximum Gasteiger partial charge on any atom is 0.251 e. The number of amides is 2. The van der Waals surface area contributed by atoms with E-state index in [1.54, 1.807) is 22.5 Å². The maximum atomic E-state index is 13.4. The van der Waals surface area contributed by atoms with Gasteiger partial charge in [0, 0.05) is 35.4 Å². The van der Waals surface area contributed by atoms with Crippen LogP contribution < -0.4 is 16.4 Å². The van der Waals surface area contributed by atoms with Crippen LogP contribution in [0.5, 0.6) is 0 Å². The summed E-state index contributed by atoms with van der Waals surface area (Å²) in [5.74, 6) is -0.221. The second-order valence-electron chi connectivity index (χ2n) is 9.54. The molecule has 9 heteroatoms. The minimum Gasteiger partial charge on any atom is -0.349 e. The molecule has 8 nitrogen and oxygen atoms in total. The molecule has 0 spiro atoms. The molecule has 0 unspecified atom stereocenters. The molecule has 1 aromatic carbocycles. The number of carbonyl (C=O) groups is 2. The Hall–Kier alpha value is -1.97. The zero-order valence-electron chi connectivity index (χ0n) is 17.5. The Kier molecular flexibility index (Phi) is 5.30. The molecule has 2 amide bonds. The zero-order valence-corrected chi connectivity index (χ0v) is 18.4. The molecule has 3 atom stereocenters. The number of carbonyl (C=O) groups excluding carboxylic acids is 2. The van der Waals surface area contributed by atoms with Gasteiger partial charge in [0.25, 0.3) is 5.91 Å². The first-order valence-electron chi connectivity index (χ1n) is 11.3. The Morgan fingerprint density at radius 1 is 1.06 bits per heavy atom. The monoisotopic (exact) mass is 446 g/mol. The van der Waals surface area contributed by atoms with E-state index >= 15 is 0 Å². The van der Waals surface area contributed by atoms with Crippen LogP contribution in [0.2, 0.25) is 0 Å². The molecule has 4 N–H and O–H groups in total. The zero-order chi connectivity index (χ0) is 21.8. The van der Waals surface area contributed by atoms with E-state index in [-0.39, 0.29) is 41.2 Å². The molecule has 5 rings (SSSR count). The van der Waals surface area contributed by atoms with Crippen LogP contribution in [0.1, 0.15) is 67.3 Å². The molecule has 1 aliphatic carbocycles. The van der Waals surface area contributed by atoms with Crippen LogP contribution in [0.3, 0.4) is 0 Å². The van der Waals surface area contributed by atoms with E-state index in [0.717, 1.165) is 36.9 Å². The first-order chi connectivity index (χ1) is 14.8. The Bertz CT molecular complexity index is 989. The predicted molar refractivity (Wildman–Crippen MR) is 117 cm³/mol. The van der Waals surface area contributed by atoms with Crippen LogP contribution in [0.15, 0.2) is 18.2 Å². The number of nitrogens with zero attached hydrogens (tertiary/aromatic N) is 1. The number of piperidine rings is 1. The van der Waals surface area contributed by atoms with Gasteiger partial charge >= 0.3 is 0 Å². The van der Waals surface area contributed by atoms with Crippen LogP contribution in [0.25, 0.3) is 0 Å². The SMILES string of the molecule is NC1CCC(S(=O)(=O)N2[C@@H]3CC[C@H]2C[C@@H](NC(=O)c2ccc4c(c2)CC(=O)N4)C3)CC1. The van der Waals surface area contributed by atoms with Crippen LogP contribution in [-0.2, 0) is 21.2 Å². The van der Waals surface area contributed by atoms with Crippen LogP contribution in [0, 0.1) is 0 Å². The van der Waals surface area contributed by atoms with Gasteiger partial charge in [0.15, 0.2) is 0 Å². The minimum atomic E-state index is -3.33. The van der Waals surface area contributed by atoms with Crippen molar-refractivity contribution in [2.45, 2.75) is 87.2 Å². The molecule has 3 fully saturated rings. The smallest absolute Gasteiger partial charge is 0.251 e. The van der Waals surface area contributed by atoms with Crippen molar-refractivity contribution in [3.05, 3.63) is 29.3 Å². The van der Waals surface area contributed by atoms with E-state index in [1.165, 1.54) is 0 Å². The second kappa shape index (κ2) is 7.86. The van der Waals surface area contributed by atoms with E-state index in [4.69, 9.17) is 5.73 Å². The van der Waals surface area contributed by atoms with Crippen molar-refractivity contribution in [3.8, 4) is 0 Å². The molecular weight excluding hydrogens is 416 g/mol. The molecule has 1 aromatic rings. The number of sulfonamides is 1. The van der Waals surface area contributed by atoms with Crippen molar-refractivity contribution in [3.63, 3.8) is 0 Å². The number of hydrogen-bond acceptors (Lipinski definition) is 5. The Morgan fingerprint density at radius 3 is 2.42 bits per heavy atom. The Morgan fingerprint density at radius 2 is 1.74 bits per heavy atom. The number of hydrogen-bond donors (Lipinski definition) is 3. The highest BCUT2D eigenvalue weighted by Crippen LogP contribution is 2.41. The van der Waals surface area contributed by atoms with Gasteiger partial charge < -0.3 is 16.4 Å². The largest absolute Gasteiger partial charge is 0.349 e. The van der Waals surface area contributed by atoms with E-state index in [1.807, 2.05) is 0 Å². The van der Waals surface area contributed by atoms with E-state index in [0.29, 0.717) is 37.7 Å². The van der Waals surface area contributed by atoms with Gasteiger partial charge in [0.2, 0.25) is 15.9 Å². The lowest BCUT2D eigenvalue weighted by Crippen LogP contribution is -2.55. The average molecular weight is 447 g/mol. The maximum absolute atomic E-state index is 13.4. The summed E-state index contributed by atoms with van der Waals surface area (Å²) in [5.41, 5.74) is 8.11. The van der Waals surface area contributed by atoms with Crippen LogP contribution in [-0.4, -0.2) is 54.0 Å². The molecule has 4 aliphatic rings. The topological polar surface area (TPSA) is 122 Å². The molecule has 168 valence electrons. The van der Waals surface area contributed by atoms with Gasteiger partial charge in [-0.15, -0.1) is 0 Å². The highest BCUT2D eigenvalue weighted by atomic mass is 32.2.